The van der Waals surface area contributed by atoms with Crippen LogP contribution in [0.5, 0.6) is 0 Å². The van der Waals surface area contributed by atoms with E-state index in [1.54, 1.807) is 30.9 Å². The Balaban J connectivity index is 1.58. The molecule has 1 aromatic heterocycles. The zero-order chi connectivity index (χ0) is 24.1. The molecule has 0 saturated carbocycles. The minimum Gasteiger partial charge on any atom is -0.481 e. The molecule has 2 aromatic rings. The fraction of sp³-hybridized carbons (Fsp3) is 0.455. The fourth-order valence-corrected chi connectivity index (χ4v) is 6.61. The molecule has 4 rings (SSSR count). The van der Waals surface area contributed by atoms with Crippen LogP contribution >= 0.6 is 0 Å². The van der Waals surface area contributed by atoms with Crippen LogP contribution in [-0.4, -0.2) is 54.0 Å². The van der Waals surface area contributed by atoms with Crippen LogP contribution in [0, 0.1) is 5.92 Å². The highest BCUT2D eigenvalue weighted by atomic mass is 32.2. The summed E-state index contributed by atoms with van der Waals surface area (Å²) < 4.78 is 67.1. The number of carboxylic acids is 1. The number of piperazine rings is 1. The van der Waals surface area contributed by atoms with Crippen LogP contribution in [0.2, 0.25) is 0 Å². The summed E-state index contributed by atoms with van der Waals surface area (Å²) in [5, 5.41) is 9.37. The Morgan fingerprint density at radius 3 is 2.42 bits per heavy atom. The van der Waals surface area contributed by atoms with Gasteiger partial charge in [-0.1, -0.05) is 12.1 Å². The molecule has 3 unspecified atom stereocenters. The molecular weight excluding hydrogens is 459 g/mol. The molecule has 2 heterocycles. The van der Waals surface area contributed by atoms with Gasteiger partial charge in [-0.2, -0.15) is 17.5 Å². The van der Waals surface area contributed by atoms with Gasteiger partial charge < -0.3 is 10.0 Å². The molecule has 0 amide bonds. The predicted molar refractivity (Wildman–Crippen MR) is 114 cm³/mol. The number of carbonyl (C=O) groups is 1. The first-order valence-corrected chi connectivity index (χ1v) is 12.0. The van der Waals surface area contributed by atoms with Gasteiger partial charge in [0.25, 0.3) is 0 Å². The molecule has 1 saturated heterocycles. The van der Waals surface area contributed by atoms with Gasteiger partial charge in [0.2, 0.25) is 10.0 Å². The smallest absolute Gasteiger partial charge is 0.417 e. The molecule has 0 radical (unpaired) electrons. The van der Waals surface area contributed by atoms with Crippen LogP contribution < -0.4 is 4.90 Å². The number of hydrogen-bond donors (Lipinski definition) is 1. The number of halogens is 3. The third-order valence-corrected chi connectivity index (χ3v) is 8.45. The van der Waals surface area contributed by atoms with Crippen molar-refractivity contribution in [3.8, 4) is 0 Å². The van der Waals surface area contributed by atoms with Gasteiger partial charge in [-0.15, -0.1) is 0 Å². The van der Waals surface area contributed by atoms with Gasteiger partial charge in [-0.3, -0.25) is 4.79 Å². The molecule has 1 fully saturated rings. The summed E-state index contributed by atoms with van der Waals surface area (Å²) in [7, 11) is -3.91. The van der Waals surface area contributed by atoms with Crippen LogP contribution in [-0.2, 0) is 33.8 Å². The Bertz CT molecular complexity index is 1170. The Hall–Kier alpha value is -2.66. The zero-order valence-corrected chi connectivity index (χ0v) is 18.9. The second-order valence-corrected chi connectivity index (χ2v) is 10.5. The van der Waals surface area contributed by atoms with E-state index in [0.29, 0.717) is 17.8 Å². The predicted octanol–water partition coefficient (Wildman–Crippen LogP) is 3.19. The summed E-state index contributed by atoms with van der Waals surface area (Å²) in [5.41, 5.74) is 0.444. The number of hydrogen-bond acceptors (Lipinski definition) is 5. The number of rotatable bonds is 4. The molecule has 0 spiro atoms. The van der Waals surface area contributed by atoms with Crippen LogP contribution in [0.4, 0.5) is 19.0 Å². The normalized spacial score (nSPS) is 24.0. The topological polar surface area (TPSA) is 90.8 Å². The van der Waals surface area contributed by atoms with Crippen molar-refractivity contribution in [3.63, 3.8) is 0 Å². The summed E-state index contributed by atoms with van der Waals surface area (Å²) in [6.45, 7) is 3.91. The van der Waals surface area contributed by atoms with E-state index < -0.39 is 39.7 Å². The van der Waals surface area contributed by atoms with Gasteiger partial charge in [0, 0.05) is 31.4 Å². The number of aromatic nitrogens is 1. The van der Waals surface area contributed by atoms with Crippen LogP contribution in [0.15, 0.2) is 41.4 Å². The zero-order valence-electron chi connectivity index (χ0n) is 18.1. The van der Waals surface area contributed by atoms with Crippen molar-refractivity contribution < 1.29 is 31.5 Å². The van der Waals surface area contributed by atoms with E-state index in [9.17, 15) is 31.5 Å². The average Bonchev–Trinajstić information content (AvgIpc) is 3.19. The lowest BCUT2D eigenvalue weighted by Gasteiger charge is -2.44. The monoisotopic (exact) mass is 483 g/mol. The first-order valence-electron chi connectivity index (χ1n) is 10.5. The number of alkyl halides is 3. The number of pyridine rings is 1. The van der Waals surface area contributed by atoms with Crippen molar-refractivity contribution in [1.29, 1.82) is 0 Å². The highest BCUT2D eigenvalue weighted by Gasteiger charge is 2.40. The number of carboxylic acid groups (broad SMARTS) is 1. The van der Waals surface area contributed by atoms with Crippen LogP contribution in [0.1, 0.15) is 30.5 Å². The average molecular weight is 484 g/mol. The maximum Gasteiger partial charge on any atom is 0.417 e. The summed E-state index contributed by atoms with van der Waals surface area (Å²) in [4.78, 5) is 17.3. The van der Waals surface area contributed by atoms with Crippen molar-refractivity contribution in [1.82, 2.24) is 9.29 Å². The second kappa shape index (κ2) is 8.28. The van der Waals surface area contributed by atoms with Gasteiger partial charge in [-0.25, -0.2) is 13.4 Å². The number of benzene rings is 1. The SMILES string of the molecule is CC1CN(S(=O)(=O)c2cccc3c2CC(C(=O)O)C3)C(C)CN1c1ccc(C(F)(F)F)cn1. The van der Waals surface area contributed by atoms with Crippen molar-refractivity contribution in [2.75, 3.05) is 18.0 Å². The van der Waals surface area contributed by atoms with E-state index in [0.717, 1.165) is 17.8 Å². The summed E-state index contributed by atoms with van der Waals surface area (Å²) in [6.07, 6.45) is -3.23. The van der Waals surface area contributed by atoms with Crippen LogP contribution in [0.3, 0.4) is 0 Å². The highest BCUT2D eigenvalue weighted by molar-refractivity contribution is 7.89. The number of fused-ring (bicyclic) bond motifs is 1. The van der Waals surface area contributed by atoms with Crippen molar-refractivity contribution >= 4 is 21.8 Å². The third kappa shape index (κ3) is 4.31. The lowest BCUT2D eigenvalue weighted by molar-refractivity contribution is -0.141. The van der Waals surface area contributed by atoms with E-state index in [4.69, 9.17) is 0 Å². The maximum absolute atomic E-state index is 13.6. The first kappa shape index (κ1) is 23.5. The molecule has 1 aliphatic carbocycles. The summed E-state index contributed by atoms with van der Waals surface area (Å²) in [6, 6.07) is 6.37. The minimum absolute atomic E-state index is 0.123. The van der Waals surface area contributed by atoms with Gasteiger partial charge in [0.15, 0.2) is 0 Å². The molecule has 7 nitrogen and oxygen atoms in total. The summed E-state index contributed by atoms with van der Waals surface area (Å²) in [5.74, 6) is -1.24. The third-order valence-electron chi connectivity index (χ3n) is 6.38. The molecule has 11 heteroatoms. The van der Waals surface area contributed by atoms with Crippen LogP contribution in [0.25, 0.3) is 0 Å². The van der Waals surface area contributed by atoms with Gasteiger partial charge >= 0.3 is 12.1 Å². The Morgan fingerprint density at radius 2 is 1.82 bits per heavy atom. The molecule has 1 aliphatic heterocycles. The Labute approximate surface area is 189 Å². The highest BCUT2D eigenvalue weighted by Crippen LogP contribution is 2.35. The van der Waals surface area contributed by atoms with E-state index in [-0.39, 0.29) is 30.4 Å². The number of nitrogens with zero attached hydrogens (tertiary/aromatic N) is 3. The van der Waals surface area contributed by atoms with Gasteiger partial charge in [0.1, 0.15) is 5.82 Å². The Kier molecular flexibility index (Phi) is 5.90. The summed E-state index contributed by atoms with van der Waals surface area (Å²) >= 11 is 0. The molecule has 178 valence electrons. The molecule has 1 N–H and O–H groups in total. The molecular formula is C22H24F3N3O4S. The van der Waals surface area contributed by atoms with Crippen molar-refractivity contribution in [2.45, 2.75) is 49.8 Å². The second-order valence-electron chi connectivity index (χ2n) is 8.67. The lowest BCUT2D eigenvalue weighted by Crippen LogP contribution is -2.58. The van der Waals surface area contributed by atoms with E-state index in [2.05, 4.69) is 4.98 Å². The maximum atomic E-state index is 13.6. The molecule has 0 bridgehead atoms. The quantitative estimate of drug-likeness (QED) is 0.719. The standard InChI is InChI=1S/C22H24F3N3O4S/c1-13-12-28(14(2)11-27(13)20-7-6-17(10-26-20)22(23,24)25)33(31,32)19-5-3-4-15-8-16(21(29)30)9-18(15)19/h3-7,10,13-14,16H,8-9,11-12H2,1-2H3,(H,29,30). The van der Waals surface area contributed by atoms with Gasteiger partial charge in [0.05, 0.1) is 16.4 Å². The van der Waals surface area contributed by atoms with E-state index >= 15 is 0 Å². The molecule has 33 heavy (non-hydrogen) atoms. The fourth-order valence-electron chi connectivity index (χ4n) is 4.63. The van der Waals surface area contributed by atoms with Crippen molar-refractivity contribution in [3.05, 3.63) is 53.2 Å². The number of anilines is 1. The number of sulfonamides is 1. The van der Waals surface area contributed by atoms with E-state index in [1.165, 1.54) is 16.4 Å². The molecule has 1 aromatic carbocycles. The molecule has 3 atom stereocenters. The van der Waals surface area contributed by atoms with Crippen molar-refractivity contribution in [2.24, 2.45) is 5.92 Å². The van der Waals surface area contributed by atoms with E-state index in [1.807, 2.05) is 0 Å². The minimum atomic E-state index is -4.48. The molecule has 2 aliphatic rings. The van der Waals surface area contributed by atoms with Gasteiger partial charge in [-0.05, 0) is 56.0 Å². The first-order chi connectivity index (χ1) is 15.4. The lowest BCUT2D eigenvalue weighted by atomic mass is 10.1. The largest absolute Gasteiger partial charge is 0.481 e. The number of aliphatic carboxylic acids is 1. The Morgan fingerprint density at radius 1 is 1.09 bits per heavy atom.